The lowest BCUT2D eigenvalue weighted by atomic mass is 10.2. The molecule has 1 heterocycles. The van der Waals surface area contributed by atoms with Crippen molar-refractivity contribution in [2.24, 2.45) is 0 Å². The maximum atomic E-state index is 11.5. The Labute approximate surface area is 107 Å². The number of hydrogen-bond donors (Lipinski definition) is 3. The summed E-state index contributed by atoms with van der Waals surface area (Å²) in [7, 11) is 1.57. The molecule has 0 bridgehead atoms. The van der Waals surface area contributed by atoms with Crippen molar-refractivity contribution in [2.75, 3.05) is 33.4 Å². The van der Waals surface area contributed by atoms with Gasteiger partial charge in [-0.3, -0.25) is 9.59 Å². The Morgan fingerprint density at radius 1 is 1.41 bits per heavy atom. The second-order valence-electron chi connectivity index (χ2n) is 3.71. The zero-order valence-electron chi connectivity index (χ0n) is 9.95. The molecule has 0 spiro atoms. The molecule has 0 aromatic heterocycles. The fourth-order valence-corrected chi connectivity index (χ4v) is 1.55. The van der Waals surface area contributed by atoms with Crippen molar-refractivity contribution in [2.45, 2.75) is 18.9 Å². The van der Waals surface area contributed by atoms with Gasteiger partial charge in [-0.25, -0.2) is 0 Å². The summed E-state index contributed by atoms with van der Waals surface area (Å²) in [5.41, 5.74) is 0. The fraction of sp³-hybridized carbons (Fsp3) is 0.800. The van der Waals surface area contributed by atoms with E-state index < -0.39 is 0 Å². The Kier molecular flexibility index (Phi) is 8.75. The van der Waals surface area contributed by atoms with Crippen molar-refractivity contribution >= 4 is 24.2 Å². The molecule has 1 fully saturated rings. The smallest absolute Gasteiger partial charge is 0.239 e. The molecule has 0 saturated carbocycles. The molecule has 3 N–H and O–H groups in total. The minimum atomic E-state index is -0.191. The number of carbonyl (C=O) groups excluding carboxylic acids is 2. The standard InChI is InChI=1S/C10H19N3O3.ClH/c1-16-6-5-12-9(14)7-13-10(15)8-3-2-4-11-8;/h8,11H,2-7H2,1H3,(H,12,14)(H,13,15);1H. The summed E-state index contributed by atoms with van der Waals surface area (Å²) < 4.78 is 4.79. The molecule has 17 heavy (non-hydrogen) atoms. The Morgan fingerprint density at radius 3 is 2.76 bits per heavy atom. The predicted octanol–water partition coefficient (Wildman–Crippen LogP) is -0.961. The van der Waals surface area contributed by atoms with Gasteiger partial charge in [0.2, 0.25) is 11.8 Å². The Hall–Kier alpha value is -0.850. The van der Waals surface area contributed by atoms with Crippen molar-refractivity contribution in [1.29, 1.82) is 0 Å². The van der Waals surface area contributed by atoms with Crippen molar-refractivity contribution < 1.29 is 14.3 Å². The van der Waals surface area contributed by atoms with Crippen LogP contribution in [0.4, 0.5) is 0 Å². The number of rotatable bonds is 6. The summed E-state index contributed by atoms with van der Waals surface area (Å²) in [6, 6.07) is -0.133. The summed E-state index contributed by atoms with van der Waals surface area (Å²) >= 11 is 0. The lowest BCUT2D eigenvalue weighted by molar-refractivity contribution is -0.127. The largest absolute Gasteiger partial charge is 0.383 e. The number of halogens is 1. The average molecular weight is 266 g/mol. The van der Waals surface area contributed by atoms with Crippen LogP contribution < -0.4 is 16.0 Å². The van der Waals surface area contributed by atoms with Gasteiger partial charge in [0, 0.05) is 13.7 Å². The molecule has 1 saturated heterocycles. The summed E-state index contributed by atoms with van der Waals surface area (Å²) in [5, 5.41) is 8.30. The fourth-order valence-electron chi connectivity index (χ4n) is 1.55. The zero-order chi connectivity index (χ0) is 11.8. The molecule has 1 unspecified atom stereocenters. The topological polar surface area (TPSA) is 79.5 Å². The van der Waals surface area contributed by atoms with Gasteiger partial charge in [-0.15, -0.1) is 12.4 Å². The van der Waals surface area contributed by atoms with Gasteiger partial charge in [0.05, 0.1) is 19.2 Å². The first kappa shape index (κ1) is 16.1. The zero-order valence-corrected chi connectivity index (χ0v) is 10.8. The van der Waals surface area contributed by atoms with Crippen LogP contribution in [-0.4, -0.2) is 51.2 Å². The van der Waals surface area contributed by atoms with E-state index in [1.54, 1.807) is 7.11 Å². The molecule has 7 heteroatoms. The predicted molar refractivity (Wildman–Crippen MR) is 66.2 cm³/mol. The van der Waals surface area contributed by atoms with Crippen molar-refractivity contribution in [3.05, 3.63) is 0 Å². The highest BCUT2D eigenvalue weighted by Crippen LogP contribution is 2.03. The molecule has 0 aromatic carbocycles. The van der Waals surface area contributed by atoms with Gasteiger partial charge in [0.1, 0.15) is 0 Å². The molecule has 6 nitrogen and oxygen atoms in total. The molecule has 2 amide bonds. The molecular weight excluding hydrogens is 246 g/mol. The summed E-state index contributed by atoms with van der Waals surface area (Å²) in [6.07, 6.45) is 1.86. The van der Waals surface area contributed by atoms with Gasteiger partial charge in [0.15, 0.2) is 0 Å². The van der Waals surface area contributed by atoms with Crippen LogP contribution >= 0.6 is 12.4 Å². The van der Waals surface area contributed by atoms with Crippen LogP contribution in [-0.2, 0) is 14.3 Å². The van der Waals surface area contributed by atoms with Crippen molar-refractivity contribution in [1.82, 2.24) is 16.0 Å². The van der Waals surface area contributed by atoms with Gasteiger partial charge in [-0.05, 0) is 19.4 Å². The van der Waals surface area contributed by atoms with Gasteiger partial charge in [-0.2, -0.15) is 0 Å². The molecule has 1 rings (SSSR count). The number of carbonyl (C=O) groups is 2. The molecular formula is C10H20ClN3O3. The summed E-state index contributed by atoms with van der Waals surface area (Å²) in [6.45, 7) is 1.84. The lowest BCUT2D eigenvalue weighted by Crippen LogP contribution is -2.45. The highest BCUT2D eigenvalue weighted by Gasteiger charge is 2.21. The molecule has 1 aliphatic heterocycles. The SMILES string of the molecule is COCCNC(=O)CNC(=O)C1CCCN1.Cl. The lowest BCUT2D eigenvalue weighted by Gasteiger charge is -2.10. The molecule has 100 valence electrons. The first-order valence-corrected chi connectivity index (χ1v) is 5.50. The van der Waals surface area contributed by atoms with E-state index in [0.717, 1.165) is 19.4 Å². The Balaban J connectivity index is 0.00000256. The van der Waals surface area contributed by atoms with E-state index in [0.29, 0.717) is 13.2 Å². The average Bonchev–Trinajstić information content (AvgIpc) is 2.79. The first-order valence-electron chi connectivity index (χ1n) is 5.50. The van der Waals surface area contributed by atoms with E-state index >= 15 is 0 Å². The monoisotopic (exact) mass is 265 g/mol. The number of nitrogens with one attached hydrogen (secondary N) is 3. The third-order valence-corrected chi connectivity index (χ3v) is 2.43. The van der Waals surface area contributed by atoms with Crippen molar-refractivity contribution in [3.63, 3.8) is 0 Å². The van der Waals surface area contributed by atoms with E-state index in [2.05, 4.69) is 16.0 Å². The highest BCUT2D eigenvalue weighted by molar-refractivity contribution is 5.87. The number of methoxy groups -OCH3 is 1. The van der Waals surface area contributed by atoms with Crippen molar-refractivity contribution in [3.8, 4) is 0 Å². The minimum absolute atomic E-state index is 0. The van der Waals surface area contributed by atoms with Gasteiger partial charge >= 0.3 is 0 Å². The maximum Gasteiger partial charge on any atom is 0.239 e. The van der Waals surface area contributed by atoms with Gasteiger partial charge in [-0.1, -0.05) is 0 Å². The van der Waals surface area contributed by atoms with Crippen LogP contribution in [0.2, 0.25) is 0 Å². The van der Waals surface area contributed by atoms with Crippen LogP contribution in [0.15, 0.2) is 0 Å². The van der Waals surface area contributed by atoms with E-state index in [1.165, 1.54) is 0 Å². The maximum absolute atomic E-state index is 11.5. The molecule has 1 atom stereocenters. The number of amides is 2. The number of ether oxygens (including phenoxy) is 1. The van der Waals surface area contributed by atoms with E-state index in [1.807, 2.05) is 0 Å². The van der Waals surface area contributed by atoms with Crippen LogP contribution in [0.1, 0.15) is 12.8 Å². The molecule has 1 aliphatic rings. The van der Waals surface area contributed by atoms with Gasteiger partial charge < -0.3 is 20.7 Å². The second kappa shape index (κ2) is 9.21. The Bertz CT molecular complexity index is 245. The molecule has 0 aromatic rings. The van der Waals surface area contributed by atoms with Crippen LogP contribution in [0.5, 0.6) is 0 Å². The van der Waals surface area contributed by atoms with E-state index in [9.17, 15) is 9.59 Å². The third kappa shape index (κ3) is 6.45. The van der Waals surface area contributed by atoms with Gasteiger partial charge in [0.25, 0.3) is 0 Å². The summed E-state index contributed by atoms with van der Waals surface area (Å²) in [4.78, 5) is 22.7. The normalized spacial score (nSPS) is 18.3. The van der Waals surface area contributed by atoms with E-state index in [4.69, 9.17) is 4.74 Å². The first-order chi connectivity index (χ1) is 7.74. The highest BCUT2D eigenvalue weighted by atomic mass is 35.5. The Morgan fingerprint density at radius 2 is 2.18 bits per heavy atom. The third-order valence-electron chi connectivity index (χ3n) is 2.43. The molecule has 0 radical (unpaired) electrons. The van der Waals surface area contributed by atoms with Crippen LogP contribution in [0.25, 0.3) is 0 Å². The summed E-state index contributed by atoms with van der Waals surface area (Å²) in [5.74, 6) is -0.289. The quantitative estimate of drug-likeness (QED) is 0.541. The molecule has 0 aliphatic carbocycles. The van der Waals surface area contributed by atoms with Crippen LogP contribution in [0.3, 0.4) is 0 Å². The van der Waals surface area contributed by atoms with Crippen LogP contribution in [0, 0.1) is 0 Å². The number of hydrogen-bond acceptors (Lipinski definition) is 4. The minimum Gasteiger partial charge on any atom is -0.383 e. The second-order valence-corrected chi connectivity index (χ2v) is 3.71. The van der Waals surface area contributed by atoms with E-state index in [-0.39, 0.29) is 36.8 Å².